The van der Waals surface area contributed by atoms with Gasteiger partial charge in [-0.15, -0.1) is 0 Å². The van der Waals surface area contributed by atoms with E-state index in [1.807, 2.05) is 18.2 Å². The lowest BCUT2D eigenvalue weighted by atomic mass is 10.1. The number of ether oxygens (including phenoxy) is 1. The summed E-state index contributed by atoms with van der Waals surface area (Å²) < 4.78 is 19.4. The van der Waals surface area contributed by atoms with Crippen LogP contribution in [0.25, 0.3) is 0 Å². The summed E-state index contributed by atoms with van der Waals surface area (Å²) in [6, 6.07) is 12.4. The second kappa shape index (κ2) is 4.90. The molecule has 98 valence electrons. The molecule has 0 aliphatic carbocycles. The van der Waals surface area contributed by atoms with Crippen molar-refractivity contribution in [2.45, 2.75) is 12.5 Å². The molecule has 0 saturated carbocycles. The van der Waals surface area contributed by atoms with Crippen molar-refractivity contribution >= 4 is 11.4 Å². The van der Waals surface area contributed by atoms with Gasteiger partial charge in [-0.25, -0.2) is 4.39 Å². The van der Waals surface area contributed by atoms with Crippen molar-refractivity contribution < 1.29 is 9.13 Å². The minimum absolute atomic E-state index is 0.0126. The number of rotatable bonds is 3. The molecule has 0 radical (unpaired) electrons. The van der Waals surface area contributed by atoms with Crippen LogP contribution in [0.15, 0.2) is 42.5 Å². The van der Waals surface area contributed by atoms with Gasteiger partial charge in [0.15, 0.2) is 0 Å². The van der Waals surface area contributed by atoms with E-state index in [-0.39, 0.29) is 11.9 Å². The van der Waals surface area contributed by atoms with Crippen LogP contribution in [0.2, 0.25) is 0 Å². The number of fused-ring (bicyclic) bond motifs is 1. The average Bonchev–Trinajstić information content (AvgIpc) is 2.85. The molecule has 1 atom stereocenters. The van der Waals surface area contributed by atoms with Crippen molar-refractivity contribution in [3.8, 4) is 5.75 Å². The normalized spacial score (nSPS) is 16.8. The lowest BCUT2D eigenvalue weighted by Gasteiger charge is -2.13. The Balaban J connectivity index is 1.92. The predicted octanol–water partition coefficient (Wildman–Crippen LogP) is 2.83. The summed E-state index contributed by atoms with van der Waals surface area (Å²) in [5.41, 5.74) is 7.96. The molecule has 19 heavy (non-hydrogen) atoms. The zero-order valence-corrected chi connectivity index (χ0v) is 10.4. The van der Waals surface area contributed by atoms with Crippen molar-refractivity contribution in [3.63, 3.8) is 0 Å². The van der Waals surface area contributed by atoms with Crippen LogP contribution in [-0.4, -0.2) is 12.6 Å². The number of hydrogen-bond acceptors (Lipinski definition) is 3. The second-order valence-corrected chi connectivity index (χ2v) is 4.58. The van der Waals surface area contributed by atoms with Crippen LogP contribution in [0.4, 0.5) is 15.8 Å². The summed E-state index contributed by atoms with van der Waals surface area (Å²) in [6.07, 6.45) is 0.817. The molecule has 1 aliphatic heterocycles. The minimum Gasteiger partial charge on any atom is -0.486 e. The Morgan fingerprint density at radius 3 is 2.74 bits per heavy atom. The zero-order chi connectivity index (χ0) is 13.2. The fourth-order valence-corrected chi connectivity index (χ4v) is 2.28. The van der Waals surface area contributed by atoms with Crippen LogP contribution in [0.1, 0.15) is 5.56 Å². The molecule has 2 aromatic rings. The fourth-order valence-electron chi connectivity index (χ4n) is 2.28. The monoisotopic (exact) mass is 258 g/mol. The van der Waals surface area contributed by atoms with E-state index < -0.39 is 0 Å². The smallest absolute Gasteiger partial charge is 0.146 e. The topological polar surface area (TPSA) is 47.3 Å². The van der Waals surface area contributed by atoms with Gasteiger partial charge in [0, 0.05) is 18.5 Å². The first-order chi connectivity index (χ1) is 9.28. The molecule has 3 nitrogen and oxygen atoms in total. The standard InChI is InChI=1S/C15H15FN2O/c16-12-5-1-2-6-13(12)18-14-7-3-4-10-8-11(9-17)19-15(10)14/h1-7,11,18H,8-9,17H2. The molecule has 0 spiro atoms. The Labute approximate surface area is 111 Å². The molecule has 1 unspecified atom stereocenters. The highest BCUT2D eigenvalue weighted by molar-refractivity contribution is 5.69. The molecule has 1 aliphatic rings. The number of halogens is 1. The van der Waals surface area contributed by atoms with Crippen LogP contribution in [0, 0.1) is 5.82 Å². The molecule has 0 bridgehead atoms. The average molecular weight is 258 g/mol. The van der Waals surface area contributed by atoms with Gasteiger partial charge in [-0.05, 0) is 18.2 Å². The lowest BCUT2D eigenvalue weighted by Crippen LogP contribution is -2.24. The molecule has 3 rings (SSSR count). The maximum atomic E-state index is 13.6. The molecule has 4 heteroatoms. The maximum Gasteiger partial charge on any atom is 0.146 e. The SMILES string of the molecule is NCC1Cc2cccc(Nc3ccccc3F)c2O1. The van der Waals surface area contributed by atoms with Crippen molar-refractivity contribution in [1.82, 2.24) is 0 Å². The predicted molar refractivity (Wildman–Crippen MR) is 73.3 cm³/mol. The van der Waals surface area contributed by atoms with Gasteiger partial charge in [-0.3, -0.25) is 0 Å². The molecular formula is C15H15FN2O. The van der Waals surface area contributed by atoms with Gasteiger partial charge in [0.2, 0.25) is 0 Å². The Hall–Kier alpha value is -2.07. The largest absolute Gasteiger partial charge is 0.486 e. The maximum absolute atomic E-state index is 13.6. The summed E-state index contributed by atoms with van der Waals surface area (Å²) in [5.74, 6) is 0.495. The van der Waals surface area contributed by atoms with Crippen molar-refractivity contribution in [2.24, 2.45) is 5.73 Å². The summed E-state index contributed by atoms with van der Waals surface area (Å²) in [7, 11) is 0. The van der Waals surface area contributed by atoms with Gasteiger partial charge in [0.25, 0.3) is 0 Å². The van der Waals surface area contributed by atoms with E-state index in [0.717, 1.165) is 23.4 Å². The summed E-state index contributed by atoms with van der Waals surface area (Å²) in [4.78, 5) is 0. The molecule has 3 N–H and O–H groups in total. The Bertz CT molecular complexity index is 600. The second-order valence-electron chi connectivity index (χ2n) is 4.58. The van der Waals surface area contributed by atoms with E-state index in [4.69, 9.17) is 10.5 Å². The number of anilines is 2. The first kappa shape index (κ1) is 12.0. The van der Waals surface area contributed by atoms with Crippen molar-refractivity contribution in [3.05, 3.63) is 53.8 Å². The number of nitrogens with one attached hydrogen (secondary N) is 1. The van der Waals surface area contributed by atoms with Gasteiger partial charge >= 0.3 is 0 Å². The van der Waals surface area contributed by atoms with E-state index in [0.29, 0.717) is 12.2 Å². The highest BCUT2D eigenvalue weighted by Gasteiger charge is 2.24. The summed E-state index contributed by atoms with van der Waals surface area (Å²) in [6.45, 7) is 0.480. The van der Waals surface area contributed by atoms with E-state index in [1.165, 1.54) is 6.07 Å². The minimum atomic E-state index is -0.284. The number of hydrogen-bond donors (Lipinski definition) is 2. The highest BCUT2D eigenvalue weighted by Crippen LogP contribution is 2.37. The Kier molecular flexibility index (Phi) is 3.09. The lowest BCUT2D eigenvalue weighted by molar-refractivity contribution is 0.242. The van der Waals surface area contributed by atoms with Crippen LogP contribution in [-0.2, 0) is 6.42 Å². The molecule has 0 aromatic heterocycles. The van der Waals surface area contributed by atoms with Crippen LogP contribution in [0.3, 0.4) is 0 Å². The summed E-state index contributed by atoms with van der Waals surface area (Å²) in [5, 5.41) is 3.08. The van der Waals surface area contributed by atoms with Crippen molar-refractivity contribution in [2.75, 3.05) is 11.9 Å². The molecule has 1 heterocycles. The fraction of sp³-hybridized carbons (Fsp3) is 0.200. The van der Waals surface area contributed by atoms with E-state index >= 15 is 0 Å². The highest BCUT2D eigenvalue weighted by atomic mass is 19.1. The number of para-hydroxylation sites is 2. The quantitative estimate of drug-likeness (QED) is 0.890. The summed E-state index contributed by atoms with van der Waals surface area (Å²) >= 11 is 0. The van der Waals surface area contributed by atoms with E-state index in [1.54, 1.807) is 18.2 Å². The first-order valence-corrected chi connectivity index (χ1v) is 6.28. The third kappa shape index (κ3) is 2.27. The zero-order valence-electron chi connectivity index (χ0n) is 10.4. The number of nitrogens with two attached hydrogens (primary N) is 1. The van der Waals surface area contributed by atoms with Crippen LogP contribution in [0.5, 0.6) is 5.75 Å². The van der Waals surface area contributed by atoms with Crippen LogP contribution < -0.4 is 15.8 Å². The molecule has 0 fully saturated rings. The van der Waals surface area contributed by atoms with Crippen molar-refractivity contribution in [1.29, 1.82) is 0 Å². The Morgan fingerprint density at radius 2 is 1.95 bits per heavy atom. The Morgan fingerprint density at radius 1 is 1.16 bits per heavy atom. The molecule has 0 amide bonds. The van der Waals surface area contributed by atoms with Gasteiger partial charge in [0.1, 0.15) is 17.7 Å². The first-order valence-electron chi connectivity index (χ1n) is 6.28. The van der Waals surface area contributed by atoms with Gasteiger partial charge in [-0.2, -0.15) is 0 Å². The van der Waals surface area contributed by atoms with E-state index in [9.17, 15) is 4.39 Å². The number of benzene rings is 2. The third-order valence-corrected chi connectivity index (χ3v) is 3.23. The van der Waals surface area contributed by atoms with Gasteiger partial charge in [-0.1, -0.05) is 24.3 Å². The molecule has 0 saturated heterocycles. The van der Waals surface area contributed by atoms with Gasteiger partial charge in [0.05, 0.1) is 11.4 Å². The molecule has 2 aromatic carbocycles. The third-order valence-electron chi connectivity index (χ3n) is 3.23. The van der Waals surface area contributed by atoms with Crippen LogP contribution >= 0.6 is 0 Å². The molecular weight excluding hydrogens is 243 g/mol. The van der Waals surface area contributed by atoms with E-state index in [2.05, 4.69) is 5.32 Å². The van der Waals surface area contributed by atoms with Gasteiger partial charge < -0.3 is 15.8 Å².